The molecule has 1 N–H and O–H groups in total. The number of nitrogens with one attached hydrogen (secondary N) is 1. The Labute approximate surface area is 105 Å². The van der Waals surface area contributed by atoms with Gasteiger partial charge in [0.05, 0.1) is 12.7 Å². The van der Waals surface area contributed by atoms with Crippen molar-refractivity contribution in [2.24, 2.45) is 7.05 Å². The van der Waals surface area contributed by atoms with Gasteiger partial charge in [0.1, 0.15) is 5.56 Å². The lowest BCUT2D eigenvalue weighted by atomic mass is 10.2. The smallest absolute Gasteiger partial charge is 0.328 e. The molecule has 0 aliphatic rings. The third kappa shape index (κ3) is 3.87. The summed E-state index contributed by atoms with van der Waals surface area (Å²) in [6.07, 6.45) is 1.73. The summed E-state index contributed by atoms with van der Waals surface area (Å²) >= 11 is 0. The lowest BCUT2D eigenvalue weighted by molar-refractivity contribution is 0.0318. The summed E-state index contributed by atoms with van der Waals surface area (Å²) in [5, 5.41) is 0. The van der Waals surface area contributed by atoms with E-state index in [-0.39, 0.29) is 11.7 Å². The second kappa shape index (κ2) is 6.79. The van der Waals surface area contributed by atoms with Gasteiger partial charge < -0.3 is 14.0 Å². The van der Waals surface area contributed by atoms with Crippen molar-refractivity contribution in [2.45, 2.75) is 12.5 Å². The van der Waals surface area contributed by atoms with Gasteiger partial charge in [-0.25, -0.2) is 4.79 Å². The fourth-order valence-corrected chi connectivity index (χ4v) is 1.31. The van der Waals surface area contributed by atoms with Crippen LogP contribution in [0.2, 0.25) is 0 Å². The third-order valence-corrected chi connectivity index (χ3v) is 2.35. The quantitative estimate of drug-likeness (QED) is 0.732. The molecule has 98 valence electrons. The number of aromatic amines is 1. The molecule has 1 unspecified atom stereocenters. The third-order valence-electron chi connectivity index (χ3n) is 2.35. The fourth-order valence-electron chi connectivity index (χ4n) is 1.31. The van der Waals surface area contributed by atoms with Crippen LogP contribution in [-0.4, -0.2) is 36.5 Å². The largest absolute Gasteiger partial charge is 0.382 e. The fraction of sp³-hybridized carbons (Fsp3) is 0.500. The van der Waals surface area contributed by atoms with Crippen molar-refractivity contribution in [3.63, 3.8) is 0 Å². The molecule has 0 aliphatic carbocycles. The zero-order chi connectivity index (χ0) is 13.5. The Morgan fingerprint density at radius 2 is 2.17 bits per heavy atom. The van der Waals surface area contributed by atoms with Crippen LogP contribution in [0.4, 0.5) is 0 Å². The molecule has 1 heterocycles. The summed E-state index contributed by atoms with van der Waals surface area (Å²) in [4.78, 5) is 24.7. The van der Waals surface area contributed by atoms with Crippen molar-refractivity contribution >= 4 is 0 Å². The number of ether oxygens (including phenoxy) is 2. The Bertz CT molecular complexity index is 562. The van der Waals surface area contributed by atoms with Crippen LogP contribution in [-0.2, 0) is 16.5 Å². The lowest BCUT2D eigenvalue weighted by Crippen LogP contribution is -2.29. The van der Waals surface area contributed by atoms with E-state index in [9.17, 15) is 9.59 Å². The maximum absolute atomic E-state index is 11.4. The minimum atomic E-state index is -0.480. The van der Waals surface area contributed by atoms with Gasteiger partial charge in [-0.05, 0) is 0 Å². The SMILES string of the molecule is COCC(CC#Cc1cn(C)c(=O)[nH]c1=O)OC. The van der Waals surface area contributed by atoms with Crippen molar-refractivity contribution in [1.29, 1.82) is 0 Å². The molecule has 0 amide bonds. The van der Waals surface area contributed by atoms with Crippen LogP contribution >= 0.6 is 0 Å². The molecule has 1 atom stereocenters. The van der Waals surface area contributed by atoms with Crippen molar-refractivity contribution in [1.82, 2.24) is 9.55 Å². The predicted molar refractivity (Wildman–Crippen MR) is 66.5 cm³/mol. The Balaban J connectivity index is 2.83. The van der Waals surface area contributed by atoms with E-state index in [0.717, 1.165) is 0 Å². The Kier molecular flexibility index (Phi) is 5.36. The number of nitrogens with zero attached hydrogens (tertiary/aromatic N) is 1. The molecule has 0 saturated heterocycles. The van der Waals surface area contributed by atoms with Crippen molar-refractivity contribution in [2.75, 3.05) is 20.8 Å². The first kappa shape index (κ1) is 14.2. The molecule has 1 aromatic heterocycles. The molecule has 0 radical (unpaired) electrons. The maximum atomic E-state index is 11.4. The van der Waals surface area contributed by atoms with Gasteiger partial charge in [-0.3, -0.25) is 9.78 Å². The summed E-state index contributed by atoms with van der Waals surface area (Å²) in [6, 6.07) is 0. The highest BCUT2D eigenvalue weighted by molar-refractivity contribution is 5.29. The van der Waals surface area contributed by atoms with Crippen LogP contribution in [0.3, 0.4) is 0 Å². The highest BCUT2D eigenvalue weighted by atomic mass is 16.5. The Morgan fingerprint density at radius 3 is 2.78 bits per heavy atom. The van der Waals surface area contributed by atoms with E-state index in [1.807, 2.05) is 0 Å². The average Bonchev–Trinajstić information content (AvgIpc) is 2.34. The van der Waals surface area contributed by atoms with E-state index >= 15 is 0 Å². The van der Waals surface area contributed by atoms with Gasteiger partial charge in [0, 0.05) is 33.9 Å². The molecule has 6 heteroatoms. The molecule has 0 saturated carbocycles. The summed E-state index contributed by atoms with van der Waals surface area (Å²) in [6.45, 7) is 0.439. The molecule has 0 aromatic carbocycles. The van der Waals surface area contributed by atoms with E-state index < -0.39 is 11.2 Å². The van der Waals surface area contributed by atoms with E-state index in [1.54, 1.807) is 21.3 Å². The molecule has 0 bridgehead atoms. The van der Waals surface area contributed by atoms with E-state index in [2.05, 4.69) is 16.8 Å². The van der Waals surface area contributed by atoms with E-state index in [1.165, 1.54) is 10.8 Å². The summed E-state index contributed by atoms with van der Waals surface area (Å²) in [5.41, 5.74) is -0.685. The van der Waals surface area contributed by atoms with Crippen LogP contribution in [0.15, 0.2) is 15.8 Å². The number of aryl methyl sites for hydroxylation is 1. The lowest BCUT2D eigenvalue weighted by Gasteiger charge is -2.09. The second-order valence-corrected chi connectivity index (χ2v) is 3.73. The zero-order valence-electron chi connectivity index (χ0n) is 10.6. The second-order valence-electron chi connectivity index (χ2n) is 3.73. The standard InChI is InChI=1S/C12H16N2O4/c1-14-7-9(11(15)13-12(14)16)5-4-6-10(18-3)8-17-2/h7,10H,6,8H2,1-3H3,(H,13,15,16). The number of aromatic nitrogens is 2. The summed E-state index contributed by atoms with van der Waals surface area (Å²) < 4.78 is 11.4. The highest BCUT2D eigenvalue weighted by Crippen LogP contribution is 1.96. The normalized spacial score (nSPS) is 11.7. The molecular weight excluding hydrogens is 236 g/mol. The Hall–Kier alpha value is -1.84. The van der Waals surface area contributed by atoms with Gasteiger partial charge in [-0.2, -0.15) is 0 Å². The molecule has 0 fully saturated rings. The van der Waals surface area contributed by atoms with Gasteiger partial charge in [0.25, 0.3) is 5.56 Å². The summed E-state index contributed by atoms with van der Waals surface area (Å²) in [5.74, 6) is 5.55. The van der Waals surface area contributed by atoms with Gasteiger partial charge in [0.2, 0.25) is 0 Å². The zero-order valence-corrected chi connectivity index (χ0v) is 10.6. The van der Waals surface area contributed by atoms with E-state index in [0.29, 0.717) is 13.0 Å². The predicted octanol–water partition coefficient (Wildman–Crippen LogP) is -0.523. The van der Waals surface area contributed by atoms with Gasteiger partial charge in [0.15, 0.2) is 0 Å². The number of hydrogen-bond acceptors (Lipinski definition) is 4. The number of H-pyrrole nitrogens is 1. The number of rotatable bonds is 4. The number of methoxy groups -OCH3 is 2. The Morgan fingerprint density at radius 1 is 1.44 bits per heavy atom. The van der Waals surface area contributed by atoms with Gasteiger partial charge in [-0.15, -0.1) is 0 Å². The first-order valence-corrected chi connectivity index (χ1v) is 5.39. The maximum Gasteiger partial charge on any atom is 0.328 e. The molecule has 18 heavy (non-hydrogen) atoms. The molecule has 0 aliphatic heterocycles. The van der Waals surface area contributed by atoms with E-state index in [4.69, 9.17) is 9.47 Å². The van der Waals surface area contributed by atoms with Crippen molar-refractivity contribution in [3.8, 4) is 11.8 Å². The van der Waals surface area contributed by atoms with Crippen molar-refractivity contribution in [3.05, 3.63) is 32.6 Å². The van der Waals surface area contributed by atoms with Crippen LogP contribution in [0.1, 0.15) is 12.0 Å². The van der Waals surface area contributed by atoms with Gasteiger partial charge >= 0.3 is 5.69 Å². The topological polar surface area (TPSA) is 73.3 Å². The van der Waals surface area contributed by atoms with Crippen LogP contribution in [0, 0.1) is 11.8 Å². The van der Waals surface area contributed by atoms with Crippen LogP contribution < -0.4 is 11.2 Å². The molecular formula is C12H16N2O4. The van der Waals surface area contributed by atoms with Gasteiger partial charge in [-0.1, -0.05) is 11.8 Å². The minimum Gasteiger partial charge on any atom is -0.382 e. The van der Waals surface area contributed by atoms with Crippen molar-refractivity contribution < 1.29 is 9.47 Å². The molecule has 1 aromatic rings. The van der Waals surface area contributed by atoms with Crippen LogP contribution in [0.25, 0.3) is 0 Å². The molecule has 1 rings (SSSR count). The number of hydrogen-bond donors (Lipinski definition) is 1. The monoisotopic (exact) mass is 252 g/mol. The first-order valence-electron chi connectivity index (χ1n) is 5.39. The highest BCUT2D eigenvalue weighted by Gasteiger charge is 2.04. The molecule has 6 nitrogen and oxygen atoms in total. The molecule has 0 spiro atoms. The minimum absolute atomic E-state index is 0.130. The average molecular weight is 252 g/mol. The van der Waals surface area contributed by atoms with Crippen LogP contribution in [0.5, 0.6) is 0 Å². The summed E-state index contributed by atoms with van der Waals surface area (Å²) in [7, 11) is 4.70. The first-order chi connectivity index (χ1) is 8.58.